The van der Waals surface area contributed by atoms with Crippen LogP contribution in [0.15, 0.2) is 36.4 Å². The molecule has 0 aliphatic rings. The van der Waals surface area contributed by atoms with Crippen LogP contribution in [0.1, 0.15) is 35.0 Å². The van der Waals surface area contributed by atoms with Gasteiger partial charge >= 0.3 is 5.97 Å². The van der Waals surface area contributed by atoms with Crippen molar-refractivity contribution in [1.29, 1.82) is 0 Å². The van der Waals surface area contributed by atoms with E-state index >= 15 is 0 Å². The fourth-order valence-corrected chi connectivity index (χ4v) is 2.36. The molecule has 0 radical (unpaired) electrons. The predicted octanol–water partition coefficient (Wildman–Crippen LogP) is 4.36. The quantitative estimate of drug-likeness (QED) is 0.890. The van der Waals surface area contributed by atoms with Crippen LogP contribution in [-0.2, 0) is 0 Å². The standard InChI is InChI=1S/C14H14O3S/c1-9(2)10-5-3-4-6-11(10)17-13-8-7-12(18-13)14(15)16/h3-9H,1-2H3,(H,15,16). The van der Waals surface area contributed by atoms with E-state index in [1.807, 2.05) is 24.3 Å². The monoisotopic (exact) mass is 262 g/mol. The number of aromatic carboxylic acids is 1. The van der Waals surface area contributed by atoms with Crippen molar-refractivity contribution in [3.8, 4) is 10.8 Å². The van der Waals surface area contributed by atoms with Gasteiger partial charge in [0.05, 0.1) is 0 Å². The van der Waals surface area contributed by atoms with Gasteiger partial charge in [-0.25, -0.2) is 4.79 Å². The Hall–Kier alpha value is -1.81. The van der Waals surface area contributed by atoms with Gasteiger partial charge in [-0.15, -0.1) is 0 Å². The Labute approximate surface area is 110 Å². The zero-order valence-electron chi connectivity index (χ0n) is 10.2. The number of benzene rings is 1. The number of hydrogen-bond acceptors (Lipinski definition) is 3. The van der Waals surface area contributed by atoms with Crippen LogP contribution in [-0.4, -0.2) is 11.1 Å². The smallest absolute Gasteiger partial charge is 0.345 e. The molecule has 0 spiro atoms. The zero-order chi connectivity index (χ0) is 13.1. The Morgan fingerprint density at radius 3 is 2.56 bits per heavy atom. The number of thiophene rings is 1. The summed E-state index contributed by atoms with van der Waals surface area (Å²) in [6.45, 7) is 4.19. The second-order valence-corrected chi connectivity index (χ2v) is 5.26. The number of hydrogen-bond donors (Lipinski definition) is 1. The summed E-state index contributed by atoms with van der Waals surface area (Å²) < 4.78 is 5.76. The van der Waals surface area contributed by atoms with Crippen molar-refractivity contribution >= 4 is 17.3 Å². The Morgan fingerprint density at radius 1 is 1.22 bits per heavy atom. The lowest BCUT2D eigenvalue weighted by molar-refractivity contribution is 0.0702. The van der Waals surface area contributed by atoms with Crippen molar-refractivity contribution in [1.82, 2.24) is 0 Å². The summed E-state index contributed by atoms with van der Waals surface area (Å²) >= 11 is 1.13. The van der Waals surface area contributed by atoms with Gasteiger partial charge in [0.1, 0.15) is 10.6 Å². The second kappa shape index (κ2) is 5.23. The number of ether oxygens (including phenoxy) is 1. The fourth-order valence-electron chi connectivity index (χ4n) is 1.65. The highest BCUT2D eigenvalue weighted by Crippen LogP contribution is 2.33. The maximum atomic E-state index is 10.8. The molecule has 3 nitrogen and oxygen atoms in total. The van der Waals surface area contributed by atoms with Crippen molar-refractivity contribution in [3.63, 3.8) is 0 Å². The van der Waals surface area contributed by atoms with Crippen molar-refractivity contribution < 1.29 is 14.6 Å². The maximum absolute atomic E-state index is 10.8. The number of carboxylic acid groups (broad SMARTS) is 1. The van der Waals surface area contributed by atoms with Crippen molar-refractivity contribution in [2.24, 2.45) is 0 Å². The summed E-state index contributed by atoms with van der Waals surface area (Å²) in [5, 5.41) is 9.46. The molecular weight excluding hydrogens is 248 g/mol. The minimum absolute atomic E-state index is 0.284. The van der Waals surface area contributed by atoms with E-state index < -0.39 is 5.97 Å². The average Bonchev–Trinajstić information content (AvgIpc) is 2.78. The third kappa shape index (κ3) is 2.71. The van der Waals surface area contributed by atoms with E-state index in [1.54, 1.807) is 12.1 Å². The summed E-state index contributed by atoms with van der Waals surface area (Å²) in [7, 11) is 0. The zero-order valence-corrected chi connectivity index (χ0v) is 11.0. The molecule has 0 aliphatic carbocycles. The van der Waals surface area contributed by atoms with E-state index in [0.29, 0.717) is 11.0 Å². The molecule has 1 aromatic heterocycles. The molecule has 0 saturated carbocycles. The first-order valence-corrected chi connectivity index (χ1v) is 6.49. The van der Waals surface area contributed by atoms with E-state index in [4.69, 9.17) is 9.84 Å². The molecule has 0 bridgehead atoms. The molecule has 2 rings (SSSR count). The van der Waals surface area contributed by atoms with E-state index in [9.17, 15) is 4.79 Å². The van der Waals surface area contributed by atoms with Crippen molar-refractivity contribution in [2.45, 2.75) is 19.8 Å². The van der Waals surface area contributed by atoms with E-state index in [-0.39, 0.29) is 4.88 Å². The van der Waals surface area contributed by atoms with E-state index in [0.717, 1.165) is 22.6 Å². The molecule has 4 heteroatoms. The molecule has 0 atom stereocenters. The Kier molecular flexibility index (Phi) is 3.67. The van der Waals surface area contributed by atoms with Crippen LogP contribution in [0.2, 0.25) is 0 Å². The highest BCUT2D eigenvalue weighted by atomic mass is 32.1. The number of para-hydroxylation sites is 1. The summed E-state index contributed by atoms with van der Waals surface area (Å²) in [6, 6.07) is 11.0. The molecule has 0 aliphatic heterocycles. The fraction of sp³-hybridized carbons (Fsp3) is 0.214. The summed E-state index contributed by atoms with van der Waals surface area (Å²) in [5.41, 5.74) is 1.11. The van der Waals surface area contributed by atoms with Crippen LogP contribution in [0.25, 0.3) is 0 Å². The van der Waals surface area contributed by atoms with Crippen molar-refractivity contribution in [2.75, 3.05) is 0 Å². The van der Waals surface area contributed by atoms with Crippen LogP contribution >= 0.6 is 11.3 Å². The number of carboxylic acids is 1. The molecule has 0 saturated heterocycles. The van der Waals surface area contributed by atoms with Gasteiger partial charge in [-0.05, 0) is 29.7 Å². The van der Waals surface area contributed by atoms with E-state index in [2.05, 4.69) is 13.8 Å². The third-order valence-electron chi connectivity index (χ3n) is 2.54. The van der Waals surface area contributed by atoms with Gasteiger partial charge in [-0.2, -0.15) is 0 Å². The third-order valence-corrected chi connectivity index (χ3v) is 3.49. The summed E-state index contributed by atoms with van der Waals surface area (Å²) in [4.78, 5) is 11.1. The molecule has 0 fully saturated rings. The topological polar surface area (TPSA) is 46.5 Å². The average molecular weight is 262 g/mol. The predicted molar refractivity (Wildman–Crippen MR) is 71.9 cm³/mol. The number of rotatable bonds is 4. The number of carbonyl (C=O) groups is 1. The molecule has 1 N–H and O–H groups in total. The lowest BCUT2D eigenvalue weighted by Gasteiger charge is -2.11. The van der Waals surface area contributed by atoms with Gasteiger partial charge in [0.15, 0.2) is 5.06 Å². The van der Waals surface area contributed by atoms with Crippen LogP contribution in [0.5, 0.6) is 10.8 Å². The highest BCUT2D eigenvalue weighted by Gasteiger charge is 2.11. The molecule has 1 heterocycles. The molecule has 2 aromatic rings. The first-order chi connectivity index (χ1) is 8.58. The molecule has 0 amide bonds. The van der Waals surface area contributed by atoms with Gasteiger partial charge in [0.2, 0.25) is 0 Å². The molecule has 94 valence electrons. The lowest BCUT2D eigenvalue weighted by atomic mass is 10.0. The minimum Gasteiger partial charge on any atom is -0.477 e. The van der Waals surface area contributed by atoms with Crippen LogP contribution in [0.3, 0.4) is 0 Å². The normalized spacial score (nSPS) is 10.6. The SMILES string of the molecule is CC(C)c1ccccc1Oc1ccc(C(=O)O)s1. The maximum Gasteiger partial charge on any atom is 0.345 e. The Morgan fingerprint density at radius 2 is 1.94 bits per heavy atom. The van der Waals surface area contributed by atoms with Gasteiger partial charge in [-0.3, -0.25) is 0 Å². The lowest BCUT2D eigenvalue weighted by Crippen LogP contribution is -1.92. The van der Waals surface area contributed by atoms with Gasteiger partial charge in [0.25, 0.3) is 0 Å². The Bertz CT molecular complexity index is 558. The minimum atomic E-state index is -0.924. The molecule has 18 heavy (non-hydrogen) atoms. The first-order valence-electron chi connectivity index (χ1n) is 5.68. The van der Waals surface area contributed by atoms with Crippen LogP contribution in [0.4, 0.5) is 0 Å². The van der Waals surface area contributed by atoms with Gasteiger partial charge in [-0.1, -0.05) is 43.4 Å². The molecular formula is C14H14O3S. The van der Waals surface area contributed by atoms with Crippen LogP contribution in [0, 0.1) is 0 Å². The first kappa shape index (κ1) is 12.6. The van der Waals surface area contributed by atoms with Gasteiger partial charge < -0.3 is 9.84 Å². The van der Waals surface area contributed by atoms with E-state index in [1.165, 1.54) is 0 Å². The molecule has 0 unspecified atom stereocenters. The molecule has 1 aromatic carbocycles. The van der Waals surface area contributed by atoms with Crippen LogP contribution < -0.4 is 4.74 Å². The summed E-state index contributed by atoms with van der Waals surface area (Å²) in [6.07, 6.45) is 0. The Balaban J connectivity index is 2.25. The van der Waals surface area contributed by atoms with Crippen molar-refractivity contribution in [3.05, 3.63) is 46.8 Å². The second-order valence-electron chi connectivity index (χ2n) is 4.22. The summed E-state index contributed by atoms with van der Waals surface area (Å²) in [5.74, 6) is 0.221. The largest absolute Gasteiger partial charge is 0.477 e. The van der Waals surface area contributed by atoms with Gasteiger partial charge in [0, 0.05) is 0 Å². The highest BCUT2D eigenvalue weighted by molar-refractivity contribution is 7.15.